The normalized spacial score (nSPS) is 19.6. The molecule has 126 valence electrons. The fraction of sp³-hybridized carbons (Fsp3) is 0.588. The van der Waals surface area contributed by atoms with Crippen molar-refractivity contribution in [1.82, 2.24) is 4.90 Å². The van der Waals surface area contributed by atoms with E-state index in [4.69, 9.17) is 9.47 Å². The van der Waals surface area contributed by atoms with E-state index < -0.39 is 0 Å². The van der Waals surface area contributed by atoms with Gasteiger partial charge in [0.25, 0.3) is 0 Å². The molecule has 1 aromatic rings. The molecule has 6 heteroatoms. The van der Waals surface area contributed by atoms with E-state index in [2.05, 4.69) is 17.1 Å². The number of benzene rings is 1. The van der Waals surface area contributed by atoms with Gasteiger partial charge in [0.05, 0.1) is 11.4 Å². The molecule has 23 heavy (non-hydrogen) atoms. The van der Waals surface area contributed by atoms with E-state index in [9.17, 15) is 4.79 Å². The van der Waals surface area contributed by atoms with E-state index in [0.29, 0.717) is 25.5 Å². The second-order valence-electron chi connectivity index (χ2n) is 6.29. The third-order valence-electron chi connectivity index (χ3n) is 4.19. The largest absolute Gasteiger partial charge is 0.486 e. The summed E-state index contributed by atoms with van der Waals surface area (Å²) in [6, 6.07) is 3.71. The van der Waals surface area contributed by atoms with Gasteiger partial charge in [0.1, 0.15) is 19.3 Å². The Hall–Kier alpha value is -1.95. The van der Waals surface area contributed by atoms with Crippen LogP contribution >= 0.6 is 0 Å². The van der Waals surface area contributed by atoms with Gasteiger partial charge in [-0.05, 0) is 20.5 Å². The van der Waals surface area contributed by atoms with Crippen LogP contribution in [0, 0.1) is 0 Å². The first-order valence-corrected chi connectivity index (χ1v) is 8.26. The Morgan fingerprint density at radius 2 is 1.96 bits per heavy atom. The highest BCUT2D eigenvalue weighted by molar-refractivity contribution is 6.05. The maximum atomic E-state index is 12.8. The molecule has 3 rings (SSSR count). The standard InChI is InChI=1S/C17H25N3O3/c1-4-5-12-17(21)20(7-6-19(2)3)14-11-16-15(10-13(14)18-12)22-8-9-23-16/h10-12,18H,4-9H2,1-3H3. The van der Waals surface area contributed by atoms with Crippen molar-refractivity contribution in [2.45, 2.75) is 25.8 Å². The summed E-state index contributed by atoms with van der Waals surface area (Å²) in [7, 11) is 4.03. The predicted molar refractivity (Wildman–Crippen MR) is 90.7 cm³/mol. The highest BCUT2D eigenvalue weighted by Crippen LogP contribution is 2.42. The smallest absolute Gasteiger partial charge is 0.249 e. The molecule has 0 radical (unpaired) electrons. The van der Waals surface area contributed by atoms with Crippen LogP contribution in [-0.2, 0) is 4.79 Å². The Morgan fingerprint density at radius 3 is 2.61 bits per heavy atom. The van der Waals surface area contributed by atoms with Crippen molar-refractivity contribution in [1.29, 1.82) is 0 Å². The van der Waals surface area contributed by atoms with Crippen molar-refractivity contribution < 1.29 is 14.3 Å². The van der Waals surface area contributed by atoms with Crippen molar-refractivity contribution in [3.8, 4) is 11.5 Å². The maximum Gasteiger partial charge on any atom is 0.249 e. The van der Waals surface area contributed by atoms with Crippen LogP contribution in [0.3, 0.4) is 0 Å². The first-order chi connectivity index (χ1) is 11.1. The van der Waals surface area contributed by atoms with Gasteiger partial charge in [0.2, 0.25) is 5.91 Å². The van der Waals surface area contributed by atoms with Crippen LogP contribution in [0.15, 0.2) is 12.1 Å². The molecule has 2 aliphatic rings. The molecule has 0 aromatic heterocycles. The Morgan fingerprint density at radius 1 is 1.26 bits per heavy atom. The molecule has 1 amide bonds. The summed E-state index contributed by atoms with van der Waals surface area (Å²) in [4.78, 5) is 16.8. The number of carbonyl (C=O) groups is 1. The van der Waals surface area contributed by atoms with Gasteiger partial charge in [-0.15, -0.1) is 0 Å². The summed E-state index contributed by atoms with van der Waals surface area (Å²) < 4.78 is 11.3. The second-order valence-corrected chi connectivity index (χ2v) is 6.29. The quantitative estimate of drug-likeness (QED) is 0.899. The van der Waals surface area contributed by atoms with Crippen molar-refractivity contribution in [3.05, 3.63) is 12.1 Å². The van der Waals surface area contributed by atoms with Gasteiger partial charge in [-0.25, -0.2) is 0 Å². The van der Waals surface area contributed by atoms with E-state index >= 15 is 0 Å². The molecule has 0 bridgehead atoms. The van der Waals surface area contributed by atoms with Gasteiger partial charge in [-0.3, -0.25) is 4.79 Å². The lowest BCUT2D eigenvalue weighted by molar-refractivity contribution is -0.119. The maximum absolute atomic E-state index is 12.8. The van der Waals surface area contributed by atoms with Gasteiger partial charge >= 0.3 is 0 Å². The van der Waals surface area contributed by atoms with Gasteiger partial charge in [0, 0.05) is 25.2 Å². The first-order valence-electron chi connectivity index (χ1n) is 8.26. The average Bonchev–Trinajstić information content (AvgIpc) is 2.53. The van der Waals surface area contributed by atoms with Gasteiger partial charge in [0.15, 0.2) is 11.5 Å². The molecule has 0 spiro atoms. The molecule has 6 nitrogen and oxygen atoms in total. The average molecular weight is 319 g/mol. The SMILES string of the molecule is CCCC1Nc2cc3c(cc2N(CCN(C)C)C1=O)OCCO3. The number of hydrogen-bond acceptors (Lipinski definition) is 5. The Bertz CT molecular complexity index is 589. The lowest BCUT2D eigenvalue weighted by Crippen LogP contribution is -2.49. The van der Waals surface area contributed by atoms with Gasteiger partial charge < -0.3 is 24.6 Å². The van der Waals surface area contributed by atoms with Crippen LogP contribution in [0.1, 0.15) is 19.8 Å². The van der Waals surface area contributed by atoms with E-state index in [1.54, 1.807) is 0 Å². The summed E-state index contributed by atoms with van der Waals surface area (Å²) in [6.07, 6.45) is 1.79. The van der Waals surface area contributed by atoms with E-state index in [-0.39, 0.29) is 11.9 Å². The summed E-state index contributed by atoms with van der Waals surface area (Å²) in [5.41, 5.74) is 1.83. The molecule has 2 aliphatic heterocycles. The van der Waals surface area contributed by atoms with Gasteiger partial charge in [-0.2, -0.15) is 0 Å². The van der Waals surface area contributed by atoms with Gasteiger partial charge in [-0.1, -0.05) is 13.3 Å². The summed E-state index contributed by atoms with van der Waals surface area (Å²) >= 11 is 0. The second kappa shape index (κ2) is 6.66. The van der Waals surface area contributed by atoms with E-state index in [1.807, 2.05) is 31.1 Å². The van der Waals surface area contributed by atoms with Crippen molar-refractivity contribution in [2.75, 3.05) is 50.6 Å². The highest BCUT2D eigenvalue weighted by atomic mass is 16.6. The molecule has 0 aliphatic carbocycles. The number of fused-ring (bicyclic) bond motifs is 2. The third-order valence-corrected chi connectivity index (χ3v) is 4.19. The summed E-state index contributed by atoms with van der Waals surface area (Å²) in [5.74, 6) is 1.60. The predicted octanol–water partition coefficient (Wildman–Crippen LogP) is 1.95. The number of nitrogens with zero attached hydrogens (tertiary/aromatic N) is 2. The molecule has 0 saturated carbocycles. The zero-order chi connectivity index (χ0) is 16.4. The summed E-state index contributed by atoms with van der Waals surface area (Å²) in [5, 5.41) is 3.38. The number of hydrogen-bond donors (Lipinski definition) is 1. The topological polar surface area (TPSA) is 54.0 Å². The third kappa shape index (κ3) is 3.22. The fourth-order valence-corrected chi connectivity index (χ4v) is 2.99. The monoisotopic (exact) mass is 319 g/mol. The van der Waals surface area contributed by atoms with Crippen molar-refractivity contribution in [3.63, 3.8) is 0 Å². The minimum Gasteiger partial charge on any atom is -0.486 e. The lowest BCUT2D eigenvalue weighted by atomic mass is 10.0. The fourth-order valence-electron chi connectivity index (χ4n) is 2.99. The molecule has 2 heterocycles. The van der Waals surface area contributed by atoms with Crippen LogP contribution in [0.25, 0.3) is 0 Å². The van der Waals surface area contributed by atoms with Crippen molar-refractivity contribution in [2.24, 2.45) is 0 Å². The Labute approximate surface area is 137 Å². The Kier molecular flexibility index (Phi) is 4.61. The van der Waals surface area contributed by atoms with Crippen LogP contribution in [-0.4, -0.2) is 57.2 Å². The highest BCUT2D eigenvalue weighted by Gasteiger charge is 2.33. The molecule has 1 atom stereocenters. The minimum absolute atomic E-state index is 0.137. The zero-order valence-electron chi connectivity index (χ0n) is 14.1. The molecule has 1 unspecified atom stereocenters. The minimum atomic E-state index is -0.169. The number of carbonyl (C=O) groups excluding carboxylic acids is 1. The molecular formula is C17H25N3O3. The molecular weight excluding hydrogens is 294 g/mol. The number of nitrogens with one attached hydrogen (secondary N) is 1. The van der Waals surface area contributed by atoms with Crippen LogP contribution < -0.4 is 19.7 Å². The van der Waals surface area contributed by atoms with Crippen molar-refractivity contribution >= 4 is 17.3 Å². The van der Waals surface area contributed by atoms with Crippen LogP contribution in [0.4, 0.5) is 11.4 Å². The molecule has 0 fully saturated rings. The van der Waals surface area contributed by atoms with Crippen LogP contribution in [0.2, 0.25) is 0 Å². The molecule has 1 aromatic carbocycles. The van der Waals surface area contributed by atoms with E-state index in [1.165, 1.54) is 0 Å². The number of rotatable bonds is 5. The zero-order valence-corrected chi connectivity index (χ0v) is 14.1. The van der Waals surface area contributed by atoms with E-state index in [0.717, 1.165) is 36.5 Å². The Balaban J connectivity index is 1.95. The lowest BCUT2D eigenvalue weighted by Gasteiger charge is -2.37. The summed E-state index contributed by atoms with van der Waals surface area (Å²) in [6.45, 7) is 4.69. The number of amides is 1. The molecule has 1 N–H and O–H groups in total. The number of likely N-dealkylation sites (N-methyl/N-ethyl adjacent to an activating group) is 1. The molecule has 0 saturated heterocycles. The first kappa shape index (κ1) is 15.9. The number of ether oxygens (including phenoxy) is 2. The number of anilines is 2. The van der Waals surface area contributed by atoms with Crippen LogP contribution in [0.5, 0.6) is 11.5 Å².